The van der Waals surface area contributed by atoms with Crippen molar-refractivity contribution in [1.82, 2.24) is 9.97 Å². The standard InChI is InChI=1S/C18H14F3N3O2S2/c19-18(20,21)12-5-6-17(22-7-12)28-10-16(25)24-14-3-1-2-4-15(14)26-8-13-9-27-11-23-13/h1-7,9,11H,8,10H2,(H,24,25). The van der Waals surface area contributed by atoms with Gasteiger partial charge in [-0.05, 0) is 24.3 Å². The van der Waals surface area contributed by atoms with Gasteiger partial charge in [-0.3, -0.25) is 4.79 Å². The lowest BCUT2D eigenvalue weighted by Gasteiger charge is -2.12. The lowest BCUT2D eigenvalue weighted by molar-refractivity contribution is -0.137. The molecule has 3 aromatic rings. The molecule has 0 bridgehead atoms. The molecule has 2 heterocycles. The predicted octanol–water partition coefficient (Wildman–Crippen LogP) is 4.87. The summed E-state index contributed by atoms with van der Waals surface area (Å²) in [4.78, 5) is 20.1. The number of nitrogens with zero attached hydrogens (tertiary/aromatic N) is 2. The van der Waals surface area contributed by atoms with Gasteiger partial charge in [-0.1, -0.05) is 23.9 Å². The zero-order valence-electron chi connectivity index (χ0n) is 14.3. The van der Waals surface area contributed by atoms with E-state index in [1.165, 1.54) is 17.4 Å². The van der Waals surface area contributed by atoms with Crippen molar-refractivity contribution in [1.29, 1.82) is 0 Å². The third kappa shape index (κ3) is 5.70. The number of anilines is 1. The first-order chi connectivity index (χ1) is 13.4. The number of ether oxygens (including phenoxy) is 1. The molecule has 10 heteroatoms. The fourth-order valence-electron chi connectivity index (χ4n) is 2.12. The van der Waals surface area contributed by atoms with E-state index < -0.39 is 11.7 Å². The van der Waals surface area contributed by atoms with Crippen LogP contribution < -0.4 is 10.1 Å². The van der Waals surface area contributed by atoms with Crippen molar-refractivity contribution in [2.75, 3.05) is 11.1 Å². The number of hydrogen-bond donors (Lipinski definition) is 1. The maximum Gasteiger partial charge on any atom is 0.417 e. The number of alkyl halides is 3. The second-order valence-corrected chi connectivity index (χ2v) is 7.20. The van der Waals surface area contributed by atoms with Gasteiger partial charge in [-0.15, -0.1) is 11.3 Å². The molecular formula is C18H14F3N3O2S2. The average Bonchev–Trinajstić information content (AvgIpc) is 3.19. The van der Waals surface area contributed by atoms with Gasteiger partial charge in [0.1, 0.15) is 12.4 Å². The third-order valence-corrected chi connectivity index (χ3v) is 5.01. The number of nitrogens with one attached hydrogen (secondary N) is 1. The minimum atomic E-state index is -4.43. The zero-order valence-corrected chi connectivity index (χ0v) is 15.9. The molecule has 0 atom stereocenters. The zero-order chi connectivity index (χ0) is 20.0. The Labute approximate surface area is 167 Å². The summed E-state index contributed by atoms with van der Waals surface area (Å²) >= 11 is 2.51. The Kier molecular flexibility index (Phi) is 6.53. The normalized spacial score (nSPS) is 11.2. The Morgan fingerprint density at radius 1 is 1.18 bits per heavy atom. The van der Waals surface area contributed by atoms with Crippen molar-refractivity contribution >= 4 is 34.7 Å². The van der Waals surface area contributed by atoms with Crippen molar-refractivity contribution in [2.45, 2.75) is 17.8 Å². The summed E-state index contributed by atoms with van der Waals surface area (Å²) in [6.45, 7) is 0.278. The van der Waals surface area contributed by atoms with E-state index in [0.29, 0.717) is 16.5 Å². The summed E-state index contributed by atoms with van der Waals surface area (Å²) in [5.41, 5.74) is 2.17. The first kappa shape index (κ1) is 20.2. The molecular weight excluding hydrogens is 411 g/mol. The smallest absolute Gasteiger partial charge is 0.417 e. The average molecular weight is 425 g/mol. The van der Waals surface area contributed by atoms with Crippen LogP contribution in [-0.2, 0) is 17.6 Å². The van der Waals surface area contributed by atoms with Gasteiger partial charge in [-0.25, -0.2) is 9.97 Å². The van der Waals surface area contributed by atoms with Gasteiger partial charge < -0.3 is 10.1 Å². The first-order valence-electron chi connectivity index (χ1n) is 7.96. The second-order valence-electron chi connectivity index (χ2n) is 5.48. The maximum absolute atomic E-state index is 12.5. The number of halogens is 3. The number of para-hydroxylation sites is 2. The molecule has 0 saturated heterocycles. The summed E-state index contributed by atoms with van der Waals surface area (Å²) < 4.78 is 43.3. The molecule has 28 heavy (non-hydrogen) atoms. The number of pyridine rings is 1. The van der Waals surface area contributed by atoms with Crippen molar-refractivity contribution in [2.24, 2.45) is 0 Å². The molecule has 0 spiro atoms. The SMILES string of the molecule is O=C(CSc1ccc(C(F)(F)F)cn1)Nc1ccccc1OCc1cscn1. The van der Waals surface area contributed by atoms with Gasteiger partial charge in [0.15, 0.2) is 0 Å². The molecule has 1 N–H and O–H groups in total. The number of thiazole rings is 1. The molecule has 0 aliphatic carbocycles. The van der Waals surface area contributed by atoms with Crippen LogP contribution in [0.25, 0.3) is 0 Å². The molecule has 5 nitrogen and oxygen atoms in total. The summed E-state index contributed by atoms with van der Waals surface area (Å²) in [5.74, 6) is 0.177. The van der Waals surface area contributed by atoms with E-state index in [0.717, 1.165) is 29.7 Å². The molecule has 3 rings (SSSR count). The van der Waals surface area contributed by atoms with Crippen LogP contribution in [0.3, 0.4) is 0 Å². The quantitative estimate of drug-likeness (QED) is 0.548. The van der Waals surface area contributed by atoms with Crippen LogP contribution in [0.15, 0.2) is 58.5 Å². The molecule has 0 radical (unpaired) electrons. The Morgan fingerprint density at radius 2 is 2.00 bits per heavy atom. The summed E-state index contributed by atoms with van der Waals surface area (Å²) in [6, 6.07) is 9.16. The van der Waals surface area contributed by atoms with E-state index in [1.54, 1.807) is 29.8 Å². The van der Waals surface area contributed by atoms with Crippen molar-refractivity contribution in [3.8, 4) is 5.75 Å². The van der Waals surface area contributed by atoms with Gasteiger partial charge in [-0.2, -0.15) is 13.2 Å². The minimum absolute atomic E-state index is 0.00121. The van der Waals surface area contributed by atoms with E-state index in [2.05, 4.69) is 15.3 Å². The molecule has 1 aromatic carbocycles. The van der Waals surface area contributed by atoms with E-state index in [1.807, 2.05) is 5.38 Å². The first-order valence-corrected chi connectivity index (χ1v) is 9.89. The van der Waals surface area contributed by atoms with Crippen LogP contribution in [0.4, 0.5) is 18.9 Å². The lowest BCUT2D eigenvalue weighted by Crippen LogP contribution is -2.15. The van der Waals surface area contributed by atoms with E-state index >= 15 is 0 Å². The highest BCUT2D eigenvalue weighted by Crippen LogP contribution is 2.30. The number of aromatic nitrogens is 2. The number of amides is 1. The van der Waals surface area contributed by atoms with Crippen molar-refractivity contribution in [3.63, 3.8) is 0 Å². The third-order valence-electron chi connectivity index (χ3n) is 3.43. The van der Waals surface area contributed by atoms with Gasteiger partial charge in [0.05, 0.1) is 33.2 Å². The molecule has 2 aromatic heterocycles. The van der Waals surface area contributed by atoms with Crippen molar-refractivity contribution in [3.05, 3.63) is 64.7 Å². The van der Waals surface area contributed by atoms with Crippen LogP contribution in [0.5, 0.6) is 5.75 Å². The molecule has 0 fully saturated rings. The molecule has 0 saturated carbocycles. The topological polar surface area (TPSA) is 64.1 Å². The van der Waals surface area contributed by atoms with Gasteiger partial charge in [0, 0.05) is 11.6 Å². The summed E-state index contributed by atoms with van der Waals surface area (Å²) in [5, 5.41) is 4.94. The molecule has 0 aliphatic rings. The van der Waals surface area contributed by atoms with Crippen LogP contribution in [0.1, 0.15) is 11.3 Å². The summed E-state index contributed by atoms with van der Waals surface area (Å²) in [6.07, 6.45) is -3.68. The van der Waals surface area contributed by atoms with Gasteiger partial charge >= 0.3 is 6.18 Å². The molecule has 146 valence electrons. The fraction of sp³-hybridized carbons (Fsp3) is 0.167. The van der Waals surface area contributed by atoms with Gasteiger partial charge in [0.2, 0.25) is 5.91 Å². The highest BCUT2D eigenvalue weighted by atomic mass is 32.2. The number of thioether (sulfide) groups is 1. The largest absolute Gasteiger partial charge is 0.485 e. The Morgan fingerprint density at radius 3 is 2.68 bits per heavy atom. The minimum Gasteiger partial charge on any atom is -0.485 e. The van der Waals surface area contributed by atoms with E-state index in [-0.39, 0.29) is 18.3 Å². The highest BCUT2D eigenvalue weighted by molar-refractivity contribution is 7.99. The number of carbonyl (C=O) groups excluding carboxylic acids is 1. The Hall–Kier alpha value is -2.59. The maximum atomic E-state index is 12.5. The lowest BCUT2D eigenvalue weighted by atomic mass is 10.3. The molecule has 1 amide bonds. The van der Waals surface area contributed by atoms with Crippen LogP contribution in [0.2, 0.25) is 0 Å². The van der Waals surface area contributed by atoms with Crippen LogP contribution >= 0.6 is 23.1 Å². The highest BCUT2D eigenvalue weighted by Gasteiger charge is 2.30. The van der Waals surface area contributed by atoms with E-state index in [4.69, 9.17) is 4.74 Å². The number of hydrogen-bond acceptors (Lipinski definition) is 6. The summed E-state index contributed by atoms with van der Waals surface area (Å²) in [7, 11) is 0. The number of benzene rings is 1. The second kappa shape index (κ2) is 9.07. The number of carbonyl (C=O) groups is 1. The van der Waals surface area contributed by atoms with Crippen LogP contribution in [-0.4, -0.2) is 21.6 Å². The Bertz CT molecular complexity index is 917. The predicted molar refractivity (Wildman–Crippen MR) is 101 cm³/mol. The van der Waals surface area contributed by atoms with Crippen molar-refractivity contribution < 1.29 is 22.7 Å². The monoisotopic (exact) mass is 425 g/mol. The Balaban J connectivity index is 1.55. The molecule has 0 unspecified atom stereocenters. The van der Waals surface area contributed by atoms with E-state index in [9.17, 15) is 18.0 Å². The number of rotatable bonds is 7. The van der Waals surface area contributed by atoms with Gasteiger partial charge in [0.25, 0.3) is 0 Å². The fourth-order valence-corrected chi connectivity index (χ4v) is 3.30. The molecule has 0 aliphatic heterocycles. The van der Waals surface area contributed by atoms with Crippen LogP contribution in [0, 0.1) is 0 Å².